The minimum Gasteiger partial charge on any atom is -0.487 e. The first-order valence-electron chi connectivity index (χ1n) is 7.21. The molecular weight excluding hydrogens is 256 g/mol. The van der Waals surface area contributed by atoms with Gasteiger partial charge in [-0.2, -0.15) is 0 Å². The van der Waals surface area contributed by atoms with Crippen LogP contribution in [0.4, 0.5) is 11.4 Å². The SMILES string of the molecule is CCOc1cccc(NC(C)C(CC)CC)c1[N+](=O)[O-]. The Kier molecular flexibility index (Phi) is 6.28. The molecule has 0 saturated heterocycles. The lowest BCUT2D eigenvalue weighted by atomic mass is 9.95. The molecule has 0 spiro atoms. The van der Waals surface area contributed by atoms with Gasteiger partial charge in [-0.05, 0) is 31.9 Å². The number of nitrogens with zero attached hydrogens (tertiary/aromatic N) is 1. The Morgan fingerprint density at radius 2 is 1.95 bits per heavy atom. The molecule has 0 radical (unpaired) electrons. The molecule has 5 nitrogen and oxygen atoms in total. The van der Waals surface area contributed by atoms with Gasteiger partial charge in [0.1, 0.15) is 5.69 Å². The molecule has 0 heterocycles. The van der Waals surface area contributed by atoms with Gasteiger partial charge >= 0.3 is 5.69 Å². The molecule has 1 aromatic rings. The van der Waals surface area contributed by atoms with Gasteiger partial charge in [-0.15, -0.1) is 0 Å². The van der Waals surface area contributed by atoms with Crippen LogP contribution in [0.15, 0.2) is 18.2 Å². The molecule has 0 aliphatic heterocycles. The van der Waals surface area contributed by atoms with Crippen molar-refractivity contribution in [2.24, 2.45) is 5.92 Å². The van der Waals surface area contributed by atoms with E-state index in [0.29, 0.717) is 24.0 Å². The number of hydrogen-bond acceptors (Lipinski definition) is 4. The van der Waals surface area contributed by atoms with Gasteiger partial charge in [-0.1, -0.05) is 32.8 Å². The first-order valence-corrected chi connectivity index (χ1v) is 7.21. The molecule has 1 N–H and O–H groups in total. The fourth-order valence-corrected chi connectivity index (χ4v) is 2.46. The number of anilines is 1. The van der Waals surface area contributed by atoms with Crippen LogP contribution >= 0.6 is 0 Å². The van der Waals surface area contributed by atoms with Gasteiger partial charge in [-0.25, -0.2) is 0 Å². The second-order valence-electron chi connectivity index (χ2n) is 4.85. The van der Waals surface area contributed by atoms with Crippen molar-refractivity contribution < 1.29 is 9.66 Å². The van der Waals surface area contributed by atoms with Crippen LogP contribution < -0.4 is 10.1 Å². The first-order chi connectivity index (χ1) is 9.54. The van der Waals surface area contributed by atoms with Crippen LogP contribution in [-0.4, -0.2) is 17.6 Å². The normalized spacial score (nSPS) is 12.2. The van der Waals surface area contributed by atoms with E-state index in [2.05, 4.69) is 26.1 Å². The monoisotopic (exact) mass is 280 g/mol. The standard InChI is InChI=1S/C15H24N2O3/c1-5-12(6-2)11(4)16-13-9-8-10-14(20-7-3)15(13)17(18)19/h8-12,16H,5-7H2,1-4H3. The lowest BCUT2D eigenvalue weighted by Gasteiger charge is -2.23. The molecule has 112 valence electrons. The van der Waals surface area contributed by atoms with Crippen LogP contribution in [0.25, 0.3) is 0 Å². The Hall–Kier alpha value is -1.78. The summed E-state index contributed by atoms with van der Waals surface area (Å²) in [6, 6.07) is 5.33. The van der Waals surface area contributed by atoms with E-state index in [4.69, 9.17) is 4.74 Å². The Morgan fingerprint density at radius 3 is 2.45 bits per heavy atom. The van der Waals surface area contributed by atoms with Crippen molar-refractivity contribution in [2.75, 3.05) is 11.9 Å². The molecule has 0 aliphatic carbocycles. The number of rotatable bonds is 8. The van der Waals surface area contributed by atoms with E-state index in [1.54, 1.807) is 18.2 Å². The summed E-state index contributed by atoms with van der Waals surface area (Å²) in [4.78, 5) is 10.9. The van der Waals surface area contributed by atoms with E-state index in [1.165, 1.54) is 0 Å². The second kappa shape index (κ2) is 7.72. The molecule has 1 atom stereocenters. The van der Waals surface area contributed by atoms with Crippen molar-refractivity contribution in [1.82, 2.24) is 0 Å². The Labute approximate surface area is 120 Å². The molecule has 1 aromatic carbocycles. The summed E-state index contributed by atoms with van der Waals surface area (Å²) in [5.74, 6) is 0.810. The predicted octanol–water partition coefficient (Wildman–Crippen LogP) is 4.23. The zero-order valence-corrected chi connectivity index (χ0v) is 12.7. The van der Waals surface area contributed by atoms with Crippen LogP contribution in [0.3, 0.4) is 0 Å². The summed E-state index contributed by atoms with van der Waals surface area (Å²) in [6.45, 7) is 8.56. The predicted molar refractivity (Wildman–Crippen MR) is 81.4 cm³/mol. The third kappa shape index (κ3) is 3.85. The average Bonchev–Trinajstić information content (AvgIpc) is 2.40. The third-order valence-electron chi connectivity index (χ3n) is 3.62. The largest absolute Gasteiger partial charge is 0.487 e. The summed E-state index contributed by atoms with van der Waals surface area (Å²) in [5.41, 5.74) is 0.549. The van der Waals surface area contributed by atoms with Crippen molar-refractivity contribution in [1.29, 1.82) is 0 Å². The molecule has 0 aliphatic rings. The fourth-order valence-electron chi connectivity index (χ4n) is 2.46. The molecule has 0 saturated carbocycles. The quantitative estimate of drug-likeness (QED) is 0.571. The fraction of sp³-hybridized carbons (Fsp3) is 0.600. The molecule has 0 fully saturated rings. The number of para-hydroxylation sites is 1. The van der Waals surface area contributed by atoms with E-state index >= 15 is 0 Å². The summed E-state index contributed by atoms with van der Waals surface area (Å²) >= 11 is 0. The maximum Gasteiger partial charge on any atom is 0.333 e. The van der Waals surface area contributed by atoms with Crippen LogP contribution in [0.1, 0.15) is 40.5 Å². The summed E-state index contributed by atoms with van der Waals surface area (Å²) in [5, 5.41) is 14.6. The van der Waals surface area contributed by atoms with Crippen molar-refractivity contribution in [3.8, 4) is 5.75 Å². The molecule has 0 bridgehead atoms. The Morgan fingerprint density at radius 1 is 1.30 bits per heavy atom. The third-order valence-corrected chi connectivity index (χ3v) is 3.62. The highest BCUT2D eigenvalue weighted by molar-refractivity contribution is 5.68. The van der Waals surface area contributed by atoms with Crippen molar-refractivity contribution in [3.05, 3.63) is 28.3 Å². The maximum absolute atomic E-state index is 11.3. The minimum absolute atomic E-state index is 0.0205. The van der Waals surface area contributed by atoms with Gasteiger partial charge in [0.15, 0.2) is 5.75 Å². The van der Waals surface area contributed by atoms with Gasteiger partial charge < -0.3 is 10.1 Å². The number of nitro benzene ring substituents is 1. The molecule has 1 unspecified atom stereocenters. The van der Waals surface area contributed by atoms with E-state index in [-0.39, 0.29) is 16.7 Å². The topological polar surface area (TPSA) is 64.4 Å². The molecule has 5 heteroatoms. The molecule has 20 heavy (non-hydrogen) atoms. The lowest BCUT2D eigenvalue weighted by molar-refractivity contribution is -0.385. The van der Waals surface area contributed by atoms with Gasteiger partial charge in [0, 0.05) is 6.04 Å². The summed E-state index contributed by atoms with van der Waals surface area (Å²) in [6.07, 6.45) is 2.09. The van der Waals surface area contributed by atoms with Gasteiger partial charge in [-0.3, -0.25) is 10.1 Å². The molecule has 0 amide bonds. The van der Waals surface area contributed by atoms with Gasteiger partial charge in [0.25, 0.3) is 0 Å². The number of benzene rings is 1. The van der Waals surface area contributed by atoms with E-state index in [1.807, 2.05) is 6.92 Å². The highest BCUT2D eigenvalue weighted by atomic mass is 16.6. The van der Waals surface area contributed by atoms with Crippen LogP contribution in [0.2, 0.25) is 0 Å². The van der Waals surface area contributed by atoms with Crippen LogP contribution in [0.5, 0.6) is 5.75 Å². The maximum atomic E-state index is 11.3. The lowest BCUT2D eigenvalue weighted by Crippen LogP contribution is -2.25. The van der Waals surface area contributed by atoms with Crippen molar-refractivity contribution in [2.45, 2.75) is 46.6 Å². The zero-order valence-electron chi connectivity index (χ0n) is 12.7. The number of nitrogens with one attached hydrogen (secondary N) is 1. The molecular formula is C15H24N2O3. The van der Waals surface area contributed by atoms with Gasteiger partial charge in [0.05, 0.1) is 11.5 Å². The number of nitro groups is 1. The van der Waals surface area contributed by atoms with E-state index in [9.17, 15) is 10.1 Å². The zero-order chi connectivity index (χ0) is 15.1. The molecule has 1 rings (SSSR count). The minimum atomic E-state index is -0.382. The highest BCUT2D eigenvalue weighted by Gasteiger charge is 2.23. The number of hydrogen-bond donors (Lipinski definition) is 1. The summed E-state index contributed by atoms with van der Waals surface area (Å²) in [7, 11) is 0. The molecule has 0 aromatic heterocycles. The van der Waals surface area contributed by atoms with Crippen LogP contribution in [0, 0.1) is 16.0 Å². The Balaban J connectivity index is 3.05. The van der Waals surface area contributed by atoms with E-state index in [0.717, 1.165) is 12.8 Å². The number of ether oxygens (including phenoxy) is 1. The second-order valence-corrected chi connectivity index (χ2v) is 4.85. The first kappa shape index (κ1) is 16.3. The van der Waals surface area contributed by atoms with Crippen molar-refractivity contribution >= 4 is 11.4 Å². The van der Waals surface area contributed by atoms with E-state index < -0.39 is 0 Å². The van der Waals surface area contributed by atoms with Gasteiger partial charge in [0.2, 0.25) is 0 Å². The Bertz CT molecular complexity index is 445. The highest BCUT2D eigenvalue weighted by Crippen LogP contribution is 2.35. The van der Waals surface area contributed by atoms with Crippen molar-refractivity contribution in [3.63, 3.8) is 0 Å². The smallest absolute Gasteiger partial charge is 0.333 e. The summed E-state index contributed by atoms with van der Waals surface area (Å²) < 4.78 is 5.35. The van der Waals surface area contributed by atoms with Crippen LogP contribution in [-0.2, 0) is 0 Å². The average molecular weight is 280 g/mol.